The Morgan fingerprint density at radius 2 is 1.88 bits per heavy atom. The van der Waals surface area contributed by atoms with Crippen molar-refractivity contribution >= 4 is 40.7 Å². The summed E-state index contributed by atoms with van der Waals surface area (Å²) in [6, 6.07) is 8.88. The van der Waals surface area contributed by atoms with Gasteiger partial charge in [0.1, 0.15) is 0 Å². The molecule has 1 atom stereocenters. The molecule has 0 aliphatic carbocycles. The molecule has 2 N–H and O–H groups in total. The summed E-state index contributed by atoms with van der Waals surface area (Å²) in [5.74, 6) is 0. The highest BCUT2D eigenvalue weighted by Gasteiger charge is 2.18. The van der Waals surface area contributed by atoms with E-state index in [0.717, 1.165) is 30.5 Å². The van der Waals surface area contributed by atoms with Crippen LogP contribution in [-0.4, -0.2) is 24.0 Å². The molecule has 92 valence electrons. The first-order chi connectivity index (χ1) is 6.74. The lowest BCUT2D eigenvalue weighted by Crippen LogP contribution is -2.26. The highest BCUT2D eigenvalue weighted by molar-refractivity contribution is 9.10. The molecule has 1 heterocycles. The zero-order chi connectivity index (χ0) is 9.97. The second-order valence-corrected chi connectivity index (χ2v) is 4.83. The Morgan fingerprint density at radius 1 is 1.25 bits per heavy atom. The van der Waals surface area contributed by atoms with Gasteiger partial charge < -0.3 is 5.73 Å². The predicted molar refractivity (Wildman–Crippen MR) is 76.5 cm³/mol. The van der Waals surface area contributed by atoms with Gasteiger partial charge in [-0.1, -0.05) is 28.1 Å². The van der Waals surface area contributed by atoms with Crippen LogP contribution in [0, 0.1) is 0 Å². The number of likely N-dealkylation sites (tertiary alicyclic amines) is 1. The topological polar surface area (TPSA) is 29.3 Å². The van der Waals surface area contributed by atoms with E-state index in [0.29, 0.717) is 6.04 Å². The summed E-state index contributed by atoms with van der Waals surface area (Å²) < 4.78 is 1.14. The summed E-state index contributed by atoms with van der Waals surface area (Å²) in [6.07, 6.45) is 1.14. The Balaban J connectivity index is 0.00000112. The van der Waals surface area contributed by atoms with Crippen LogP contribution in [0.3, 0.4) is 0 Å². The SMILES string of the molecule is Cl.Cl.NC1CCN(Cc2ccc(Br)cc2)C1. The third-order valence-electron chi connectivity index (χ3n) is 2.63. The average molecular weight is 328 g/mol. The van der Waals surface area contributed by atoms with Gasteiger partial charge in [0.2, 0.25) is 0 Å². The van der Waals surface area contributed by atoms with Crippen molar-refractivity contribution in [2.24, 2.45) is 5.73 Å². The van der Waals surface area contributed by atoms with E-state index in [9.17, 15) is 0 Å². The van der Waals surface area contributed by atoms with E-state index in [-0.39, 0.29) is 24.8 Å². The van der Waals surface area contributed by atoms with Crippen molar-refractivity contribution in [3.63, 3.8) is 0 Å². The molecule has 0 bridgehead atoms. The van der Waals surface area contributed by atoms with Crippen molar-refractivity contribution in [3.8, 4) is 0 Å². The molecule has 5 heteroatoms. The summed E-state index contributed by atoms with van der Waals surface area (Å²) >= 11 is 3.43. The first-order valence-corrected chi connectivity index (χ1v) is 5.76. The Bertz CT molecular complexity index is 305. The van der Waals surface area contributed by atoms with Gasteiger partial charge in [0.05, 0.1) is 0 Å². The van der Waals surface area contributed by atoms with Gasteiger partial charge in [-0.15, -0.1) is 24.8 Å². The number of benzene rings is 1. The van der Waals surface area contributed by atoms with Crippen molar-refractivity contribution in [2.75, 3.05) is 13.1 Å². The molecule has 0 aromatic heterocycles. The molecule has 1 aromatic carbocycles. The van der Waals surface area contributed by atoms with E-state index >= 15 is 0 Å². The lowest BCUT2D eigenvalue weighted by atomic mass is 10.2. The van der Waals surface area contributed by atoms with Gasteiger partial charge in [0.15, 0.2) is 0 Å². The van der Waals surface area contributed by atoms with Crippen molar-refractivity contribution < 1.29 is 0 Å². The third kappa shape index (κ3) is 4.60. The zero-order valence-electron chi connectivity index (χ0n) is 8.93. The molecule has 1 aliphatic rings. The summed E-state index contributed by atoms with van der Waals surface area (Å²) in [6.45, 7) is 3.20. The minimum absolute atomic E-state index is 0. The van der Waals surface area contributed by atoms with Crippen LogP contribution in [0.15, 0.2) is 28.7 Å². The second kappa shape index (κ2) is 7.51. The van der Waals surface area contributed by atoms with Crippen LogP contribution < -0.4 is 5.73 Å². The average Bonchev–Trinajstić information content (AvgIpc) is 2.56. The maximum absolute atomic E-state index is 5.85. The molecule has 2 rings (SSSR count). The largest absolute Gasteiger partial charge is 0.326 e. The zero-order valence-corrected chi connectivity index (χ0v) is 12.2. The van der Waals surface area contributed by atoms with Gasteiger partial charge in [-0.2, -0.15) is 0 Å². The Hall–Kier alpha value is 0.200. The lowest BCUT2D eigenvalue weighted by Gasteiger charge is -2.14. The second-order valence-electron chi connectivity index (χ2n) is 3.91. The highest BCUT2D eigenvalue weighted by atomic mass is 79.9. The van der Waals surface area contributed by atoms with Crippen LogP contribution in [-0.2, 0) is 6.54 Å². The van der Waals surface area contributed by atoms with Gasteiger partial charge in [-0.25, -0.2) is 0 Å². The molecule has 1 fully saturated rings. The fourth-order valence-electron chi connectivity index (χ4n) is 1.85. The standard InChI is InChI=1S/C11H15BrN2.2ClH/c12-10-3-1-9(2-4-10)7-14-6-5-11(13)8-14;;/h1-4,11H,5-8,13H2;2*1H. The number of nitrogens with two attached hydrogens (primary N) is 1. The van der Waals surface area contributed by atoms with E-state index in [4.69, 9.17) is 5.73 Å². The van der Waals surface area contributed by atoms with E-state index < -0.39 is 0 Å². The van der Waals surface area contributed by atoms with Crippen molar-refractivity contribution in [1.29, 1.82) is 0 Å². The van der Waals surface area contributed by atoms with E-state index in [2.05, 4.69) is 45.1 Å². The first-order valence-electron chi connectivity index (χ1n) is 4.96. The minimum atomic E-state index is 0. The lowest BCUT2D eigenvalue weighted by molar-refractivity contribution is 0.327. The molecule has 16 heavy (non-hydrogen) atoms. The molecule has 1 aromatic rings. The Labute approximate surface area is 118 Å². The molecule has 0 radical (unpaired) electrons. The molecular formula is C11H17BrCl2N2. The van der Waals surface area contributed by atoms with Gasteiger partial charge in [0, 0.05) is 30.1 Å². The van der Waals surface area contributed by atoms with Gasteiger partial charge in [-0.05, 0) is 24.1 Å². The monoisotopic (exact) mass is 326 g/mol. The Kier molecular flexibility index (Phi) is 7.61. The molecule has 2 nitrogen and oxygen atoms in total. The first kappa shape index (κ1) is 16.2. The van der Waals surface area contributed by atoms with Crippen LogP contribution >= 0.6 is 40.7 Å². The minimum Gasteiger partial charge on any atom is -0.326 e. The predicted octanol–water partition coefficient (Wildman–Crippen LogP) is 2.83. The highest BCUT2D eigenvalue weighted by Crippen LogP contribution is 2.15. The molecule has 0 amide bonds. The number of hydrogen-bond donors (Lipinski definition) is 1. The molecule has 0 spiro atoms. The van der Waals surface area contributed by atoms with Crippen molar-refractivity contribution in [3.05, 3.63) is 34.3 Å². The van der Waals surface area contributed by atoms with Crippen LogP contribution in [0.1, 0.15) is 12.0 Å². The molecular weight excluding hydrogens is 311 g/mol. The molecule has 0 saturated carbocycles. The fraction of sp³-hybridized carbons (Fsp3) is 0.455. The maximum Gasteiger partial charge on any atom is 0.0234 e. The van der Waals surface area contributed by atoms with E-state index in [1.165, 1.54) is 5.56 Å². The van der Waals surface area contributed by atoms with Gasteiger partial charge >= 0.3 is 0 Å². The smallest absolute Gasteiger partial charge is 0.0234 e. The molecule has 1 unspecified atom stereocenters. The van der Waals surface area contributed by atoms with Crippen LogP contribution in [0.25, 0.3) is 0 Å². The summed E-state index contributed by atoms with van der Waals surface area (Å²) in [5.41, 5.74) is 7.22. The van der Waals surface area contributed by atoms with Crippen molar-refractivity contribution in [1.82, 2.24) is 4.90 Å². The molecule has 1 saturated heterocycles. The third-order valence-corrected chi connectivity index (χ3v) is 3.16. The maximum atomic E-state index is 5.85. The molecule has 1 aliphatic heterocycles. The van der Waals surface area contributed by atoms with Crippen LogP contribution in [0.5, 0.6) is 0 Å². The number of rotatable bonds is 2. The number of nitrogens with zero attached hydrogens (tertiary/aromatic N) is 1. The quantitative estimate of drug-likeness (QED) is 0.905. The van der Waals surface area contributed by atoms with Gasteiger partial charge in [0.25, 0.3) is 0 Å². The normalized spacial score (nSPS) is 20.0. The summed E-state index contributed by atoms with van der Waals surface area (Å²) in [7, 11) is 0. The Morgan fingerprint density at radius 3 is 2.38 bits per heavy atom. The van der Waals surface area contributed by atoms with E-state index in [1.54, 1.807) is 0 Å². The van der Waals surface area contributed by atoms with E-state index in [1.807, 2.05) is 0 Å². The summed E-state index contributed by atoms with van der Waals surface area (Å²) in [5, 5.41) is 0. The van der Waals surface area contributed by atoms with Crippen LogP contribution in [0.2, 0.25) is 0 Å². The summed E-state index contributed by atoms with van der Waals surface area (Å²) in [4.78, 5) is 2.41. The van der Waals surface area contributed by atoms with Gasteiger partial charge in [-0.3, -0.25) is 4.90 Å². The number of hydrogen-bond acceptors (Lipinski definition) is 2. The fourth-order valence-corrected chi connectivity index (χ4v) is 2.12. The van der Waals surface area contributed by atoms with Crippen molar-refractivity contribution in [2.45, 2.75) is 19.0 Å². The van der Waals surface area contributed by atoms with Crippen LogP contribution in [0.4, 0.5) is 0 Å². The number of halogens is 3.